The summed E-state index contributed by atoms with van der Waals surface area (Å²) in [6.07, 6.45) is -4.99. The maximum absolute atomic E-state index is 13.1. The Kier molecular flexibility index (Phi) is 6.87. The van der Waals surface area contributed by atoms with E-state index in [1.54, 1.807) is 6.92 Å². The molecule has 0 aliphatic carbocycles. The van der Waals surface area contributed by atoms with E-state index in [-0.39, 0.29) is 32.5 Å². The Hall–Kier alpha value is -2.23. The van der Waals surface area contributed by atoms with Gasteiger partial charge in [0.2, 0.25) is 0 Å². The van der Waals surface area contributed by atoms with Crippen molar-refractivity contribution in [2.75, 3.05) is 6.61 Å². The number of hydrogen-bond donors (Lipinski definition) is 0. The number of nitrogens with zero attached hydrogens (tertiary/aromatic N) is 2. The molecule has 0 unspecified atom stereocenters. The van der Waals surface area contributed by atoms with Gasteiger partial charge in [0, 0.05) is 7.05 Å². The van der Waals surface area contributed by atoms with Crippen molar-refractivity contribution in [3.8, 4) is 5.69 Å². The summed E-state index contributed by atoms with van der Waals surface area (Å²) in [5, 5.41) is -1.68. The molecule has 6 nitrogen and oxygen atoms in total. The number of carbonyl (C=O) groups excluding carboxylic acids is 1. The molecule has 0 aliphatic heterocycles. The highest BCUT2D eigenvalue weighted by atomic mass is 35.5. The van der Waals surface area contributed by atoms with Crippen LogP contribution in [0.15, 0.2) is 38.9 Å². The van der Waals surface area contributed by atoms with Crippen LogP contribution in [0.5, 0.6) is 0 Å². The minimum atomic E-state index is -4.99. The van der Waals surface area contributed by atoms with E-state index in [4.69, 9.17) is 39.5 Å². The molecule has 2 aromatic rings. The number of rotatable bonds is 4. The molecule has 0 amide bonds. The number of carbonyl (C=O) groups is 1. The third-order valence-corrected chi connectivity index (χ3v) is 4.90. The van der Waals surface area contributed by atoms with E-state index in [0.717, 1.165) is 7.05 Å². The van der Waals surface area contributed by atoms with Gasteiger partial charge in [-0.1, -0.05) is 46.9 Å². The van der Waals surface area contributed by atoms with Crippen molar-refractivity contribution < 1.29 is 22.7 Å². The highest BCUT2D eigenvalue weighted by molar-refractivity contribution is 6.59. The van der Waals surface area contributed by atoms with Crippen molar-refractivity contribution in [1.29, 1.82) is 0 Å². The molecule has 1 aromatic heterocycles. The molecular weight excluding hydrogens is 460 g/mol. The summed E-state index contributed by atoms with van der Waals surface area (Å²) in [7, 11) is 0.847. The van der Waals surface area contributed by atoms with E-state index in [2.05, 4.69) is 0 Å². The lowest BCUT2D eigenvalue weighted by Gasteiger charge is -2.16. The molecule has 1 heterocycles. The van der Waals surface area contributed by atoms with Crippen LogP contribution in [-0.2, 0) is 22.8 Å². The number of alkyl halides is 3. The molecule has 156 valence electrons. The van der Waals surface area contributed by atoms with Crippen molar-refractivity contribution in [1.82, 2.24) is 9.13 Å². The van der Waals surface area contributed by atoms with Gasteiger partial charge in [-0.05, 0) is 24.6 Å². The molecule has 2 rings (SSSR count). The van der Waals surface area contributed by atoms with Crippen molar-refractivity contribution >= 4 is 45.8 Å². The quantitative estimate of drug-likeness (QED) is 0.501. The Balaban J connectivity index is 2.59. The summed E-state index contributed by atoms with van der Waals surface area (Å²) in [6, 6.07) is 5.10. The fraction of sp³-hybridized carbons (Fsp3) is 0.235. The number of aromatic nitrogens is 2. The van der Waals surface area contributed by atoms with Crippen molar-refractivity contribution in [2.24, 2.45) is 7.05 Å². The zero-order valence-electron chi connectivity index (χ0n) is 14.8. The minimum absolute atomic E-state index is 0.0632. The van der Waals surface area contributed by atoms with E-state index < -0.39 is 34.1 Å². The molecule has 0 atom stereocenters. The van der Waals surface area contributed by atoms with Crippen LogP contribution in [-0.4, -0.2) is 21.7 Å². The lowest BCUT2D eigenvalue weighted by Crippen LogP contribution is -2.41. The summed E-state index contributed by atoms with van der Waals surface area (Å²) < 4.78 is 44.7. The van der Waals surface area contributed by atoms with Crippen LogP contribution in [0, 0.1) is 0 Å². The van der Waals surface area contributed by atoms with Crippen molar-refractivity contribution in [3.63, 3.8) is 0 Å². The molecule has 12 heteroatoms. The first-order chi connectivity index (χ1) is 13.4. The molecular formula is C17H12Cl3F3N2O4. The highest BCUT2D eigenvalue weighted by Crippen LogP contribution is 2.32. The number of esters is 1. The first kappa shape index (κ1) is 23.1. The van der Waals surface area contributed by atoms with Gasteiger partial charge < -0.3 is 4.74 Å². The standard InChI is InChI=1S/C17H12Cl3F3N2O4/c1-3-29-15(27)11(19)10(18)8-4-6-9(7-5-8)25-14(26)12(20)13(17(21,22)23)24(2)16(25)28/h4-7H,3H2,1-2H3. The van der Waals surface area contributed by atoms with Gasteiger partial charge >= 0.3 is 17.8 Å². The summed E-state index contributed by atoms with van der Waals surface area (Å²) in [5.74, 6) is -0.845. The molecule has 0 N–H and O–H groups in total. The zero-order chi connectivity index (χ0) is 22.1. The van der Waals surface area contributed by atoms with Gasteiger partial charge in [-0.3, -0.25) is 9.36 Å². The second kappa shape index (κ2) is 8.64. The van der Waals surface area contributed by atoms with Gasteiger partial charge in [-0.25, -0.2) is 14.2 Å². The van der Waals surface area contributed by atoms with Crippen LogP contribution in [0.25, 0.3) is 10.7 Å². The molecule has 29 heavy (non-hydrogen) atoms. The lowest BCUT2D eigenvalue weighted by atomic mass is 10.2. The lowest BCUT2D eigenvalue weighted by molar-refractivity contribution is -0.144. The van der Waals surface area contributed by atoms with Gasteiger partial charge in [0.25, 0.3) is 5.56 Å². The number of ether oxygens (including phenoxy) is 1. The van der Waals surface area contributed by atoms with Gasteiger partial charge in [-0.15, -0.1) is 0 Å². The summed E-state index contributed by atoms with van der Waals surface area (Å²) in [4.78, 5) is 36.3. The predicted octanol–water partition coefficient (Wildman–Crippen LogP) is 3.92. The second-order valence-electron chi connectivity index (χ2n) is 5.54. The Labute approximate surface area is 176 Å². The summed E-state index contributed by atoms with van der Waals surface area (Å²) in [6.45, 7) is 1.66. The molecule has 0 fully saturated rings. The molecule has 0 aliphatic rings. The fourth-order valence-electron chi connectivity index (χ4n) is 2.39. The van der Waals surface area contributed by atoms with Crippen molar-refractivity contribution in [2.45, 2.75) is 13.1 Å². The number of halogens is 6. The van der Waals surface area contributed by atoms with Crippen LogP contribution in [0.1, 0.15) is 18.2 Å². The third-order valence-electron chi connectivity index (χ3n) is 3.71. The Bertz CT molecular complexity index is 1070. The molecule has 0 saturated carbocycles. The average Bonchev–Trinajstić information content (AvgIpc) is 2.65. The topological polar surface area (TPSA) is 70.3 Å². The van der Waals surface area contributed by atoms with Crippen LogP contribution in [0.2, 0.25) is 5.02 Å². The average molecular weight is 472 g/mol. The highest BCUT2D eigenvalue weighted by Gasteiger charge is 2.38. The first-order valence-corrected chi connectivity index (χ1v) is 8.97. The Morgan fingerprint density at radius 2 is 1.69 bits per heavy atom. The van der Waals surface area contributed by atoms with Gasteiger partial charge in [0.05, 0.1) is 17.3 Å². The zero-order valence-corrected chi connectivity index (χ0v) is 17.1. The second-order valence-corrected chi connectivity index (χ2v) is 6.67. The normalized spacial score (nSPS) is 12.6. The minimum Gasteiger partial charge on any atom is -0.462 e. The van der Waals surface area contributed by atoms with E-state index in [1.165, 1.54) is 24.3 Å². The molecule has 1 aromatic carbocycles. The van der Waals surface area contributed by atoms with E-state index >= 15 is 0 Å². The smallest absolute Gasteiger partial charge is 0.433 e. The van der Waals surface area contributed by atoms with E-state index in [1.807, 2.05) is 0 Å². The molecule has 0 bridgehead atoms. The van der Waals surface area contributed by atoms with Crippen molar-refractivity contribution in [3.05, 3.63) is 66.4 Å². The Morgan fingerprint density at radius 3 is 2.17 bits per heavy atom. The predicted molar refractivity (Wildman–Crippen MR) is 103 cm³/mol. The molecule has 0 spiro atoms. The summed E-state index contributed by atoms with van der Waals surface area (Å²) >= 11 is 17.5. The molecule has 0 radical (unpaired) electrons. The van der Waals surface area contributed by atoms with Gasteiger partial charge in [-0.2, -0.15) is 13.2 Å². The van der Waals surface area contributed by atoms with Crippen LogP contribution >= 0.6 is 34.8 Å². The monoisotopic (exact) mass is 470 g/mol. The fourth-order valence-corrected chi connectivity index (χ4v) is 3.07. The number of benzene rings is 1. The maximum atomic E-state index is 13.1. The first-order valence-electron chi connectivity index (χ1n) is 7.83. The maximum Gasteiger partial charge on any atom is 0.433 e. The largest absolute Gasteiger partial charge is 0.462 e. The van der Waals surface area contributed by atoms with Gasteiger partial charge in [0.1, 0.15) is 10.1 Å². The number of hydrogen-bond acceptors (Lipinski definition) is 4. The van der Waals surface area contributed by atoms with Crippen LogP contribution in [0.3, 0.4) is 0 Å². The Morgan fingerprint density at radius 1 is 1.14 bits per heavy atom. The SMILES string of the molecule is CCOC(=O)C(Cl)=C(Cl)c1ccc(-n2c(=O)c(Cl)c(C(F)(F)F)n(C)c2=O)cc1. The third kappa shape index (κ3) is 4.52. The van der Waals surface area contributed by atoms with Crippen LogP contribution < -0.4 is 11.2 Å². The molecule has 0 saturated heterocycles. The van der Waals surface area contributed by atoms with E-state index in [0.29, 0.717) is 4.57 Å². The van der Waals surface area contributed by atoms with Gasteiger partial charge in [0.15, 0.2) is 5.69 Å². The summed E-state index contributed by atoms with van der Waals surface area (Å²) in [5.41, 5.74) is -3.94. The van der Waals surface area contributed by atoms with E-state index in [9.17, 15) is 27.6 Å². The van der Waals surface area contributed by atoms with Crippen LogP contribution in [0.4, 0.5) is 13.2 Å².